The molecule has 0 amide bonds. The summed E-state index contributed by atoms with van der Waals surface area (Å²) in [6, 6.07) is 6.31. The second-order valence-corrected chi connectivity index (χ2v) is 3.28. The molecule has 1 fully saturated rings. The summed E-state index contributed by atoms with van der Waals surface area (Å²) in [6.07, 6.45) is 3.56. The van der Waals surface area contributed by atoms with Crippen LogP contribution in [-0.4, -0.2) is 18.1 Å². The number of nitrogens with one attached hydrogen (secondary N) is 1. The van der Waals surface area contributed by atoms with Crippen LogP contribution in [0.15, 0.2) is 24.5 Å². The van der Waals surface area contributed by atoms with Gasteiger partial charge in [-0.1, -0.05) is 0 Å². The molecule has 1 aromatic rings. The molecule has 2 heterocycles. The zero-order valence-corrected chi connectivity index (χ0v) is 7.27. The van der Waals surface area contributed by atoms with Crippen molar-refractivity contribution in [3.63, 3.8) is 0 Å². The van der Waals surface area contributed by atoms with Gasteiger partial charge in [0.15, 0.2) is 0 Å². The van der Waals surface area contributed by atoms with Crippen LogP contribution in [0.4, 0.5) is 0 Å². The van der Waals surface area contributed by atoms with E-state index in [9.17, 15) is 0 Å². The predicted molar refractivity (Wildman–Crippen MR) is 49.0 cm³/mol. The Bertz CT molecular complexity index is 315. The molecule has 1 aliphatic rings. The van der Waals surface area contributed by atoms with Gasteiger partial charge in [0.2, 0.25) is 0 Å². The van der Waals surface area contributed by atoms with Crippen LogP contribution in [0.25, 0.3) is 0 Å². The number of rotatable bonds is 1. The lowest BCUT2D eigenvalue weighted by Crippen LogP contribution is -2.08. The molecule has 66 valence electrons. The van der Waals surface area contributed by atoms with E-state index in [1.54, 1.807) is 12.4 Å². The number of hydrogen-bond donors (Lipinski definition) is 1. The van der Waals surface area contributed by atoms with Crippen molar-refractivity contribution in [1.82, 2.24) is 10.3 Å². The highest BCUT2D eigenvalue weighted by Crippen LogP contribution is 2.26. The van der Waals surface area contributed by atoms with Gasteiger partial charge in [0.1, 0.15) is 0 Å². The molecule has 1 aliphatic heterocycles. The Balaban J connectivity index is 2.22. The monoisotopic (exact) mass is 173 g/mol. The summed E-state index contributed by atoms with van der Waals surface area (Å²) in [5, 5.41) is 12.1. The number of nitriles is 1. The van der Waals surface area contributed by atoms with Gasteiger partial charge in [-0.05, 0) is 17.7 Å². The van der Waals surface area contributed by atoms with E-state index in [-0.39, 0.29) is 5.92 Å². The molecule has 13 heavy (non-hydrogen) atoms. The fourth-order valence-electron chi connectivity index (χ4n) is 1.78. The van der Waals surface area contributed by atoms with Crippen LogP contribution in [0.1, 0.15) is 11.5 Å². The lowest BCUT2D eigenvalue weighted by Gasteiger charge is -2.11. The van der Waals surface area contributed by atoms with E-state index in [2.05, 4.69) is 16.4 Å². The van der Waals surface area contributed by atoms with Crippen molar-refractivity contribution in [1.29, 1.82) is 5.26 Å². The van der Waals surface area contributed by atoms with Crippen molar-refractivity contribution in [2.45, 2.75) is 5.92 Å². The lowest BCUT2D eigenvalue weighted by molar-refractivity contribution is 0.646. The summed E-state index contributed by atoms with van der Waals surface area (Å²) in [7, 11) is 0. The van der Waals surface area contributed by atoms with E-state index in [1.807, 2.05) is 12.1 Å². The minimum absolute atomic E-state index is 0.113. The summed E-state index contributed by atoms with van der Waals surface area (Å²) in [5.41, 5.74) is 1.21. The van der Waals surface area contributed by atoms with Crippen LogP contribution >= 0.6 is 0 Å². The van der Waals surface area contributed by atoms with Gasteiger partial charge in [0, 0.05) is 31.4 Å². The van der Waals surface area contributed by atoms with Gasteiger partial charge in [-0.15, -0.1) is 0 Å². The molecule has 0 aliphatic carbocycles. The molecule has 1 N–H and O–H groups in total. The van der Waals surface area contributed by atoms with Crippen LogP contribution in [0.3, 0.4) is 0 Å². The summed E-state index contributed by atoms with van der Waals surface area (Å²) >= 11 is 0. The van der Waals surface area contributed by atoms with Gasteiger partial charge in [-0.25, -0.2) is 0 Å². The topological polar surface area (TPSA) is 48.7 Å². The zero-order valence-electron chi connectivity index (χ0n) is 7.27. The van der Waals surface area contributed by atoms with Crippen molar-refractivity contribution < 1.29 is 0 Å². The van der Waals surface area contributed by atoms with Gasteiger partial charge in [-0.2, -0.15) is 5.26 Å². The first-order valence-corrected chi connectivity index (χ1v) is 4.42. The van der Waals surface area contributed by atoms with E-state index in [0.29, 0.717) is 5.92 Å². The highest BCUT2D eigenvalue weighted by Gasteiger charge is 2.27. The number of nitrogens with zero attached hydrogens (tertiary/aromatic N) is 2. The SMILES string of the molecule is N#CC1CNCC1c1ccncc1. The number of hydrogen-bond acceptors (Lipinski definition) is 3. The molecule has 0 radical (unpaired) electrons. The quantitative estimate of drug-likeness (QED) is 0.686. The Hall–Kier alpha value is -1.40. The van der Waals surface area contributed by atoms with Gasteiger partial charge in [0.25, 0.3) is 0 Å². The molecule has 2 unspecified atom stereocenters. The molecule has 0 bridgehead atoms. The standard InChI is InChI=1S/C10H11N3/c11-5-9-6-13-7-10(9)8-1-3-12-4-2-8/h1-4,9-10,13H,6-7H2. The van der Waals surface area contributed by atoms with Gasteiger partial charge in [-0.3, -0.25) is 4.98 Å². The molecule has 3 nitrogen and oxygen atoms in total. The van der Waals surface area contributed by atoms with Crippen LogP contribution in [0, 0.1) is 17.2 Å². The van der Waals surface area contributed by atoms with E-state index < -0.39 is 0 Å². The fraction of sp³-hybridized carbons (Fsp3) is 0.400. The minimum atomic E-state index is 0.113. The fourth-order valence-corrected chi connectivity index (χ4v) is 1.78. The van der Waals surface area contributed by atoms with Gasteiger partial charge < -0.3 is 5.32 Å². The Labute approximate surface area is 77.4 Å². The first kappa shape index (κ1) is 8.21. The van der Waals surface area contributed by atoms with E-state index in [1.165, 1.54) is 5.56 Å². The van der Waals surface area contributed by atoms with Gasteiger partial charge in [0.05, 0.1) is 12.0 Å². The molecule has 2 rings (SSSR count). The maximum absolute atomic E-state index is 8.89. The Kier molecular flexibility index (Phi) is 2.24. The van der Waals surface area contributed by atoms with Crippen molar-refractivity contribution in [2.75, 3.05) is 13.1 Å². The summed E-state index contributed by atoms with van der Waals surface area (Å²) in [6.45, 7) is 1.71. The average molecular weight is 173 g/mol. The van der Waals surface area contributed by atoms with Gasteiger partial charge >= 0.3 is 0 Å². The molecular weight excluding hydrogens is 162 g/mol. The minimum Gasteiger partial charge on any atom is -0.315 e. The third-order valence-electron chi connectivity index (χ3n) is 2.51. The molecule has 0 spiro atoms. The molecule has 1 saturated heterocycles. The smallest absolute Gasteiger partial charge is 0.0676 e. The van der Waals surface area contributed by atoms with E-state index >= 15 is 0 Å². The maximum Gasteiger partial charge on any atom is 0.0676 e. The predicted octanol–water partition coefficient (Wildman–Crippen LogP) is 0.908. The lowest BCUT2D eigenvalue weighted by atomic mass is 9.91. The molecule has 0 saturated carbocycles. The van der Waals surface area contributed by atoms with Crippen LogP contribution in [0.5, 0.6) is 0 Å². The number of aromatic nitrogens is 1. The Morgan fingerprint density at radius 1 is 1.38 bits per heavy atom. The van der Waals surface area contributed by atoms with Crippen LogP contribution in [-0.2, 0) is 0 Å². The van der Waals surface area contributed by atoms with E-state index in [4.69, 9.17) is 5.26 Å². The van der Waals surface area contributed by atoms with Crippen LogP contribution in [0.2, 0.25) is 0 Å². The second-order valence-electron chi connectivity index (χ2n) is 3.28. The molecular formula is C10H11N3. The summed E-state index contributed by atoms with van der Waals surface area (Å²) in [5.74, 6) is 0.454. The largest absolute Gasteiger partial charge is 0.315 e. The normalized spacial score (nSPS) is 27.0. The maximum atomic E-state index is 8.89. The summed E-state index contributed by atoms with van der Waals surface area (Å²) < 4.78 is 0. The summed E-state index contributed by atoms with van der Waals surface area (Å²) in [4.78, 5) is 3.96. The molecule has 3 heteroatoms. The highest BCUT2D eigenvalue weighted by molar-refractivity contribution is 5.21. The van der Waals surface area contributed by atoms with E-state index in [0.717, 1.165) is 13.1 Å². The van der Waals surface area contributed by atoms with Crippen molar-refractivity contribution in [3.05, 3.63) is 30.1 Å². The molecule has 0 aromatic carbocycles. The molecule has 1 aromatic heterocycles. The third kappa shape index (κ3) is 1.53. The van der Waals surface area contributed by atoms with Crippen molar-refractivity contribution in [2.24, 2.45) is 5.92 Å². The van der Waals surface area contributed by atoms with Crippen LogP contribution < -0.4 is 5.32 Å². The molecule has 2 atom stereocenters. The zero-order chi connectivity index (χ0) is 9.10. The Morgan fingerprint density at radius 2 is 2.15 bits per heavy atom. The Morgan fingerprint density at radius 3 is 2.85 bits per heavy atom. The van der Waals surface area contributed by atoms with Crippen molar-refractivity contribution >= 4 is 0 Å². The number of pyridine rings is 1. The van der Waals surface area contributed by atoms with Crippen molar-refractivity contribution in [3.8, 4) is 6.07 Å². The first-order chi connectivity index (χ1) is 6.42. The first-order valence-electron chi connectivity index (χ1n) is 4.42. The average Bonchev–Trinajstić information content (AvgIpc) is 2.67. The highest BCUT2D eigenvalue weighted by atomic mass is 14.9. The third-order valence-corrected chi connectivity index (χ3v) is 2.51. The second kappa shape index (κ2) is 3.55.